The Kier molecular flexibility index (Phi) is 7.44. The van der Waals surface area contributed by atoms with Crippen LogP contribution in [-0.4, -0.2) is 58.5 Å². The number of nitrogens with one attached hydrogen (secondary N) is 1. The van der Waals surface area contributed by atoms with Crippen molar-refractivity contribution in [3.8, 4) is 17.0 Å². The van der Waals surface area contributed by atoms with Gasteiger partial charge in [-0.25, -0.2) is 4.98 Å². The number of likely N-dealkylation sites (N-methyl/N-ethyl adjacent to an activating group) is 1. The summed E-state index contributed by atoms with van der Waals surface area (Å²) in [6.07, 6.45) is 6.98. The van der Waals surface area contributed by atoms with Gasteiger partial charge in [-0.3, -0.25) is 4.79 Å². The third-order valence-electron chi connectivity index (χ3n) is 7.33. The van der Waals surface area contributed by atoms with Crippen LogP contribution in [0.25, 0.3) is 16.9 Å². The summed E-state index contributed by atoms with van der Waals surface area (Å²) in [6.45, 7) is 1.28. The summed E-state index contributed by atoms with van der Waals surface area (Å²) in [5.74, 6) is 1.42. The number of hydrogen-bond acceptors (Lipinski definition) is 5. The second kappa shape index (κ2) is 11.1. The number of nitrogens with zero attached hydrogens (tertiary/aromatic N) is 4. The van der Waals surface area contributed by atoms with E-state index >= 15 is 0 Å². The lowest BCUT2D eigenvalue weighted by molar-refractivity contribution is -0.132. The van der Waals surface area contributed by atoms with Crippen molar-refractivity contribution < 1.29 is 9.90 Å². The first-order chi connectivity index (χ1) is 18.0. The van der Waals surface area contributed by atoms with Gasteiger partial charge in [0, 0.05) is 38.0 Å². The van der Waals surface area contributed by atoms with E-state index in [0.717, 1.165) is 30.6 Å². The molecule has 0 saturated heterocycles. The van der Waals surface area contributed by atoms with Crippen LogP contribution >= 0.6 is 0 Å². The van der Waals surface area contributed by atoms with Crippen molar-refractivity contribution in [2.45, 2.75) is 38.0 Å². The van der Waals surface area contributed by atoms with Crippen LogP contribution < -0.4 is 10.8 Å². The molecule has 2 aromatic heterocycles. The molecule has 4 aromatic rings. The van der Waals surface area contributed by atoms with E-state index in [-0.39, 0.29) is 17.6 Å². The number of phenols is 1. The first kappa shape index (κ1) is 24.9. The molecule has 1 unspecified atom stereocenters. The molecule has 37 heavy (non-hydrogen) atoms. The largest absolute Gasteiger partial charge is 0.507 e. The van der Waals surface area contributed by atoms with Crippen molar-refractivity contribution in [2.24, 2.45) is 5.92 Å². The highest BCUT2D eigenvalue weighted by Crippen LogP contribution is 2.38. The molecule has 8 heteroatoms. The Balaban J connectivity index is 1.27. The van der Waals surface area contributed by atoms with Gasteiger partial charge in [0.05, 0.1) is 11.6 Å². The van der Waals surface area contributed by atoms with Gasteiger partial charge in [-0.15, -0.1) is 0 Å². The number of carbonyl (C=O) groups excluding carboxylic acids is 1. The number of phenolic OH excluding ortho intramolecular Hbond substituents is 1. The van der Waals surface area contributed by atoms with Crippen molar-refractivity contribution in [1.82, 2.24) is 19.5 Å². The number of aromatic hydroxyl groups is 1. The molecule has 2 radical (unpaired) electrons. The van der Waals surface area contributed by atoms with Gasteiger partial charge < -0.3 is 15.3 Å². The average molecular weight is 493 g/mol. The number of carbonyl (C=O) groups is 1. The minimum Gasteiger partial charge on any atom is -0.507 e. The molecule has 2 heterocycles. The molecule has 1 aliphatic rings. The molecule has 0 bridgehead atoms. The molecule has 5 rings (SSSR count). The predicted octanol–water partition coefficient (Wildman–Crippen LogP) is 4.13. The zero-order chi connectivity index (χ0) is 25.8. The van der Waals surface area contributed by atoms with E-state index in [9.17, 15) is 9.90 Å². The standard InChI is InChI=1S/C29H32BN5O2/c1-34(29(37)27(21-12-5-6-13-21)20-10-3-2-4-11-20)17-9-16-31-26-18-24(22-14-7-8-15-25(22)36)33-28-23(30)19-32-35(26)28/h2-4,7-8,10-11,14-15,18-19,21,27,31,36H,5-6,9,12-13,16-17H2,1H3. The molecule has 1 atom stereocenters. The minimum absolute atomic E-state index is 0.0744. The molecule has 0 aliphatic heterocycles. The van der Waals surface area contributed by atoms with E-state index < -0.39 is 0 Å². The maximum absolute atomic E-state index is 13.6. The maximum atomic E-state index is 13.6. The predicted molar refractivity (Wildman–Crippen MR) is 147 cm³/mol. The summed E-state index contributed by atoms with van der Waals surface area (Å²) >= 11 is 0. The van der Waals surface area contributed by atoms with Gasteiger partial charge >= 0.3 is 0 Å². The monoisotopic (exact) mass is 493 g/mol. The van der Waals surface area contributed by atoms with Crippen LogP contribution in [-0.2, 0) is 4.79 Å². The van der Waals surface area contributed by atoms with Crippen molar-refractivity contribution in [2.75, 3.05) is 25.5 Å². The number of benzene rings is 2. The Labute approximate surface area is 218 Å². The molecule has 7 nitrogen and oxygen atoms in total. The fraction of sp³-hybridized carbons (Fsp3) is 0.345. The van der Waals surface area contributed by atoms with E-state index in [1.54, 1.807) is 22.8 Å². The van der Waals surface area contributed by atoms with Crippen LogP contribution in [0.1, 0.15) is 43.6 Å². The van der Waals surface area contributed by atoms with Gasteiger partial charge in [-0.2, -0.15) is 9.61 Å². The number of aromatic nitrogens is 3. The van der Waals surface area contributed by atoms with Crippen LogP contribution in [0.5, 0.6) is 5.75 Å². The molecular formula is C29H32BN5O2. The Morgan fingerprint density at radius 2 is 1.89 bits per heavy atom. The summed E-state index contributed by atoms with van der Waals surface area (Å²) in [6, 6.07) is 19.2. The quantitative estimate of drug-likeness (QED) is 0.271. The Morgan fingerprint density at radius 3 is 2.65 bits per heavy atom. The Bertz CT molecular complexity index is 1370. The highest BCUT2D eigenvalue weighted by molar-refractivity contribution is 6.36. The van der Waals surface area contributed by atoms with Gasteiger partial charge in [0.2, 0.25) is 5.91 Å². The zero-order valence-electron chi connectivity index (χ0n) is 21.2. The van der Waals surface area contributed by atoms with E-state index in [2.05, 4.69) is 27.5 Å². The van der Waals surface area contributed by atoms with Crippen molar-refractivity contribution in [3.63, 3.8) is 0 Å². The molecule has 1 saturated carbocycles. The third-order valence-corrected chi connectivity index (χ3v) is 7.33. The van der Waals surface area contributed by atoms with Crippen LogP contribution in [0.15, 0.2) is 66.9 Å². The topological polar surface area (TPSA) is 82.8 Å². The fourth-order valence-corrected chi connectivity index (χ4v) is 5.38. The van der Waals surface area contributed by atoms with Gasteiger partial charge in [0.15, 0.2) is 5.65 Å². The van der Waals surface area contributed by atoms with Crippen molar-refractivity contribution >= 4 is 30.7 Å². The number of fused-ring (bicyclic) bond motifs is 1. The van der Waals surface area contributed by atoms with Crippen LogP contribution in [0.3, 0.4) is 0 Å². The lowest BCUT2D eigenvalue weighted by atomic mass is 9.84. The first-order valence-electron chi connectivity index (χ1n) is 13.0. The van der Waals surface area contributed by atoms with Crippen molar-refractivity contribution in [1.29, 1.82) is 0 Å². The fourth-order valence-electron chi connectivity index (χ4n) is 5.38. The zero-order valence-corrected chi connectivity index (χ0v) is 21.2. The maximum Gasteiger partial charge on any atom is 0.230 e. The number of anilines is 1. The summed E-state index contributed by atoms with van der Waals surface area (Å²) in [5, 5.41) is 18.1. The van der Waals surface area contributed by atoms with Gasteiger partial charge in [0.25, 0.3) is 0 Å². The Morgan fingerprint density at radius 1 is 1.16 bits per heavy atom. The molecule has 1 fully saturated rings. The SMILES string of the molecule is [B]c1cnn2c(NCCCN(C)C(=O)C(c3ccccc3)C3CCCC3)cc(-c3ccccc3O)nc12. The van der Waals surface area contributed by atoms with Gasteiger partial charge in [-0.1, -0.05) is 55.3 Å². The highest BCUT2D eigenvalue weighted by Gasteiger charge is 2.33. The van der Waals surface area contributed by atoms with Crippen LogP contribution in [0, 0.1) is 5.92 Å². The molecule has 0 spiro atoms. The molecule has 2 aromatic carbocycles. The van der Waals surface area contributed by atoms with Crippen molar-refractivity contribution in [3.05, 3.63) is 72.4 Å². The smallest absolute Gasteiger partial charge is 0.230 e. The van der Waals surface area contributed by atoms with E-state index in [1.807, 2.05) is 48.3 Å². The lowest BCUT2D eigenvalue weighted by Crippen LogP contribution is -2.36. The minimum atomic E-state index is -0.0744. The van der Waals surface area contributed by atoms with Gasteiger partial charge in [-0.05, 0) is 48.3 Å². The molecular weight excluding hydrogens is 461 g/mol. The summed E-state index contributed by atoms with van der Waals surface area (Å²) < 4.78 is 1.67. The number of rotatable bonds is 9. The van der Waals surface area contributed by atoms with E-state index in [4.69, 9.17) is 7.85 Å². The highest BCUT2D eigenvalue weighted by atomic mass is 16.3. The van der Waals surface area contributed by atoms with Crippen LogP contribution in [0.2, 0.25) is 0 Å². The number of hydrogen-bond donors (Lipinski definition) is 2. The Hall–Kier alpha value is -3.81. The van der Waals surface area contributed by atoms with E-state index in [0.29, 0.717) is 41.4 Å². The number of amides is 1. The van der Waals surface area contributed by atoms with E-state index in [1.165, 1.54) is 12.8 Å². The molecule has 2 N–H and O–H groups in total. The number of para-hydroxylation sites is 1. The van der Waals surface area contributed by atoms with Gasteiger partial charge in [0.1, 0.15) is 19.4 Å². The summed E-state index contributed by atoms with van der Waals surface area (Å²) in [5.41, 5.74) is 3.34. The lowest BCUT2D eigenvalue weighted by Gasteiger charge is -2.28. The second-order valence-electron chi connectivity index (χ2n) is 9.85. The molecule has 188 valence electrons. The first-order valence-corrected chi connectivity index (χ1v) is 13.0. The second-order valence-corrected chi connectivity index (χ2v) is 9.85. The summed E-state index contributed by atoms with van der Waals surface area (Å²) in [4.78, 5) is 20.0. The molecule has 1 amide bonds. The summed E-state index contributed by atoms with van der Waals surface area (Å²) in [7, 11) is 8.01. The average Bonchev–Trinajstić information content (AvgIpc) is 3.58. The van der Waals surface area contributed by atoms with Crippen LogP contribution in [0.4, 0.5) is 5.82 Å². The normalized spacial score (nSPS) is 14.6. The molecule has 1 aliphatic carbocycles. The third kappa shape index (κ3) is 5.33.